The molecule has 1 aliphatic heterocycles. The minimum Gasteiger partial charge on any atom is -0.466 e. The third-order valence-corrected chi connectivity index (χ3v) is 2.90. The molecule has 1 aliphatic rings. The van der Waals surface area contributed by atoms with Gasteiger partial charge in [-0.05, 0) is 34.1 Å². The van der Waals surface area contributed by atoms with Crippen molar-refractivity contribution in [1.82, 2.24) is 4.90 Å². The Hall–Kier alpha value is -1.30. The highest BCUT2D eigenvalue weighted by Gasteiger charge is 2.35. The molecule has 1 amide bonds. The van der Waals surface area contributed by atoms with Gasteiger partial charge in [0.15, 0.2) is 0 Å². The van der Waals surface area contributed by atoms with Gasteiger partial charge in [0, 0.05) is 19.1 Å². The zero-order valence-electron chi connectivity index (χ0n) is 12.1. The van der Waals surface area contributed by atoms with E-state index >= 15 is 0 Å². The summed E-state index contributed by atoms with van der Waals surface area (Å²) in [7, 11) is 0. The Kier molecular flexibility index (Phi) is 5.17. The fraction of sp³-hybridized carbons (Fsp3) is 0.846. The monoisotopic (exact) mass is 272 g/mol. The molecular weight excluding hydrogens is 248 g/mol. The van der Waals surface area contributed by atoms with Crippen molar-refractivity contribution in [3.8, 4) is 0 Å². The van der Waals surface area contributed by atoms with Crippen LogP contribution in [0.3, 0.4) is 0 Å². The number of nitrogens with two attached hydrogens (primary N) is 1. The van der Waals surface area contributed by atoms with E-state index < -0.39 is 11.6 Å². The van der Waals surface area contributed by atoms with E-state index in [1.807, 2.05) is 20.8 Å². The van der Waals surface area contributed by atoms with Gasteiger partial charge in [0.2, 0.25) is 0 Å². The summed E-state index contributed by atoms with van der Waals surface area (Å²) in [5.41, 5.74) is 5.42. The van der Waals surface area contributed by atoms with Crippen molar-refractivity contribution >= 4 is 12.1 Å². The zero-order chi connectivity index (χ0) is 14.6. The van der Waals surface area contributed by atoms with E-state index in [2.05, 4.69) is 0 Å². The number of ether oxygens (including phenoxy) is 2. The van der Waals surface area contributed by atoms with Crippen LogP contribution in [0.4, 0.5) is 4.79 Å². The van der Waals surface area contributed by atoms with E-state index in [1.54, 1.807) is 11.8 Å². The van der Waals surface area contributed by atoms with E-state index in [0.717, 1.165) is 0 Å². The summed E-state index contributed by atoms with van der Waals surface area (Å²) in [6.07, 6.45) is 0.129. The second-order valence-electron chi connectivity index (χ2n) is 5.74. The summed E-state index contributed by atoms with van der Waals surface area (Å²) < 4.78 is 10.3. The standard InChI is InChI=1S/C13H24N2O4/c1-5-18-11(16)9-6-7-15(8-10(9)14)12(17)19-13(2,3)4/h9-10H,5-8,14H2,1-4H3/t9-,10+/m0/s1. The summed E-state index contributed by atoms with van der Waals surface area (Å²) >= 11 is 0. The summed E-state index contributed by atoms with van der Waals surface area (Å²) in [6.45, 7) is 8.34. The van der Waals surface area contributed by atoms with Crippen molar-refractivity contribution < 1.29 is 19.1 Å². The van der Waals surface area contributed by atoms with E-state index in [1.165, 1.54) is 0 Å². The Balaban J connectivity index is 2.54. The number of piperidine rings is 1. The summed E-state index contributed by atoms with van der Waals surface area (Å²) in [4.78, 5) is 25.1. The molecule has 0 aromatic carbocycles. The van der Waals surface area contributed by atoms with Crippen LogP contribution in [0.15, 0.2) is 0 Å². The zero-order valence-corrected chi connectivity index (χ0v) is 12.1. The topological polar surface area (TPSA) is 81.9 Å². The summed E-state index contributed by atoms with van der Waals surface area (Å²) in [5, 5.41) is 0. The Morgan fingerprint density at radius 3 is 2.47 bits per heavy atom. The lowest BCUT2D eigenvalue weighted by atomic mass is 9.92. The summed E-state index contributed by atoms with van der Waals surface area (Å²) in [6, 6.07) is -0.402. The molecule has 0 bridgehead atoms. The lowest BCUT2D eigenvalue weighted by Gasteiger charge is -2.36. The molecule has 6 nitrogen and oxygen atoms in total. The lowest BCUT2D eigenvalue weighted by molar-refractivity contribution is -0.150. The normalized spacial score (nSPS) is 23.9. The molecule has 0 aromatic heterocycles. The van der Waals surface area contributed by atoms with Gasteiger partial charge in [0.05, 0.1) is 12.5 Å². The van der Waals surface area contributed by atoms with Crippen LogP contribution in [-0.2, 0) is 14.3 Å². The number of nitrogens with zero attached hydrogens (tertiary/aromatic N) is 1. The van der Waals surface area contributed by atoms with Crippen molar-refractivity contribution in [2.75, 3.05) is 19.7 Å². The van der Waals surface area contributed by atoms with Gasteiger partial charge in [-0.25, -0.2) is 4.79 Å². The van der Waals surface area contributed by atoms with Gasteiger partial charge >= 0.3 is 12.1 Å². The van der Waals surface area contributed by atoms with Gasteiger partial charge in [0.1, 0.15) is 5.60 Å². The van der Waals surface area contributed by atoms with Crippen molar-refractivity contribution in [1.29, 1.82) is 0 Å². The molecule has 0 aromatic rings. The van der Waals surface area contributed by atoms with Crippen molar-refractivity contribution in [3.63, 3.8) is 0 Å². The highest BCUT2D eigenvalue weighted by molar-refractivity contribution is 5.74. The molecule has 2 N–H and O–H groups in total. The quantitative estimate of drug-likeness (QED) is 0.762. The second-order valence-corrected chi connectivity index (χ2v) is 5.74. The van der Waals surface area contributed by atoms with E-state index in [4.69, 9.17) is 15.2 Å². The maximum Gasteiger partial charge on any atom is 0.410 e. The third kappa shape index (κ3) is 4.70. The van der Waals surface area contributed by atoms with E-state index in [0.29, 0.717) is 26.1 Å². The Morgan fingerprint density at radius 2 is 2.00 bits per heavy atom. The molecular formula is C13H24N2O4. The molecule has 0 unspecified atom stereocenters. The fourth-order valence-corrected chi connectivity index (χ4v) is 2.02. The Labute approximate surface area is 114 Å². The first kappa shape index (κ1) is 15.8. The maximum atomic E-state index is 11.9. The van der Waals surface area contributed by atoms with Crippen LogP contribution in [0, 0.1) is 5.92 Å². The number of amides is 1. The molecule has 1 saturated heterocycles. The van der Waals surface area contributed by atoms with E-state index in [-0.39, 0.29) is 18.0 Å². The number of rotatable bonds is 2. The van der Waals surface area contributed by atoms with Gasteiger partial charge in [-0.3, -0.25) is 4.79 Å². The maximum absolute atomic E-state index is 11.9. The minimum absolute atomic E-state index is 0.279. The van der Waals surface area contributed by atoms with Gasteiger partial charge < -0.3 is 20.1 Å². The Morgan fingerprint density at radius 1 is 1.37 bits per heavy atom. The molecule has 0 spiro atoms. The molecule has 110 valence electrons. The second kappa shape index (κ2) is 6.23. The first-order valence-electron chi connectivity index (χ1n) is 6.64. The van der Waals surface area contributed by atoms with Gasteiger partial charge in [-0.1, -0.05) is 0 Å². The molecule has 19 heavy (non-hydrogen) atoms. The van der Waals surface area contributed by atoms with Crippen LogP contribution in [0.25, 0.3) is 0 Å². The number of carbonyl (C=O) groups is 2. The van der Waals surface area contributed by atoms with Crippen LogP contribution in [-0.4, -0.2) is 48.3 Å². The van der Waals surface area contributed by atoms with E-state index in [9.17, 15) is 9.59 Å². The molecule has 1 fully saturated rings. The van der Waals surface area contributed by atoms with Crippen LogP contribution >= 0.6 is 0 Å². The van der Waals surface area contributed by atoms with Crippen LogP contribution in [0.1, 0.15) is 34.1 Å². The number of esters is 1. The number of hydrogen-bond acceptors (Lipinski definition) is 5. The van der Waals surface area contributed by atoms with Crippen LogP contribution in [0.2, 0.25) is 0 Å². The van der Waals surface area contributed by atoms with Crippen LogP contribution in [0.5, 0.6) is 0 Å². The number of carbonyl (C=O) groups excluding carboxylic acids is 2. The highest BCUT2D eigenvalue weighted by Crippen LogP contribution is 2.20. The summed E-state index contributed by atoms with van der Waals surface area (Å²) in [5.74, 6) is -0.613. The molecule has 1 heterocycles. The molecule has 0 aliphatic carbocycles. The highest BCUT2D eigenvalue weighted by atomic mass is 16.6. The average Bonchev–Trinajstić information content (AvgIpc) is 2.26. The van der Waals surface area contributed by atoms with Crippen molar-refractivity contribution in [2.24, 2.45) is 11.7 Å². The largest absolute Gasteiger partial charge is 0.466 e. The van der Waals surface area contributed by atoms with Crippen LogP contribution < -0.4 is 5.73 Å². The van der Waals surface area contributed by atoms with Gasteiger partial charge in [0.25, 0.3) is 0 Å². The molecule has 0 saturated carbocycles. The number of likely N-dealkylation sites (tertiary alicyclic amines) is 1. The van der Waals surface area contributed by atoms with Gasteiger partial charge in [-0.2, -0.15) is 0 Å². The smallest absolute Gasteiger partial charge is 0.410 e. The Bertz CT molecular complexity index is 338. The first-order valence-corrected chi connectivity index (χ1v) is 6.64. The fourth-order valence-electron chi connectivity index (χ4n) is 2.02. The third-order valence-electron chi connectivity index (χ3n) is 2.90. The average molecular weight is 272 g/mol. The molecule has 2 atom stereocenters. The molecule has 1 rings (SSSR count). The lowest BCUT2D eigenvalue weighted by Crippen LogP contribution is -2.53. The predicted octanol–water partition coefficient (Wildman–Crippen LogP) is 1.13. The first-order chi connectivity index (χ1) is 8.74. The van der Waals surface area contributed by atoms with Crippen molar-refractivity contribution in [2.45, 2.75) is 45.8 Å². The number of hydrogen-bond donors (Lipinski definition) is 1. The molecule has 0 radical (unpaired) electrons. The minimum atomic E-state index is -0.529. The SMILES string of the molecule is CCOC(=O)[C@H]1CCN(C(=O)OC(C)(C)C)C[C@H]1N. The van der Waals surface area contributed by atoms with Gasteiger partial charge in [-0.15, -0.1) is 0 Å². The molecule has 6 heteroatoms. The predicted molar refractivity (Wildman–Crippen MR) is 70.5 cm³/mol. The van der Waals surface area contributed by atoms with Crippen molar-refractivity contribution in [3.05, 3.63) is 0 Å².